The van der Waals surface area contributed by atoms with E-state index in [0.717, 1.165) is 6.20 Å². The Labute approximate surface area is 110 Å². The molecule has 1 heterocycles. The molecule has 0 fully saturated rings. The van der Waals surface area contributed by atoms with Gasteiger partial charge in [0.25, 0.3) is 0 Å². The third-order valence-corrected chi connectivity index (χ3v) is 2.60. The fourth-order valence-corrected chi connectivity index (χ4v) is 1.70. The number of benzene rings is 1. The van der Waals surface area contributed by atoms with Crippen molar-refractivity contribution < 1.29 is 19.0 Å². The molecule has 5 heteroatoms. The smallest absolute Gasteiger partial charge is 0.167 e. The van der Waals surface area contributed by atoms with Crippen LogP contribution in [0, 0.1) is 5.82 Å². The zero-order valence-corrected chi connectivity index (χ0v) is 10.5. The van der Waals surface area contributed by atoms with Crippen molar-refractivity contribution in [1.82, 2.24) is 4.98 Å². The van der Waals surface area contributed by atoms with E-state index in [1.807, 2.05) is 0 Å². The Morgan fingerprint density at radius 3 is 2.84 bits per heavy atom. The minimum absolute atomic E-state index is 0.151. The van der Waals surface area contributed by atoms with Gasteiger partial charge in [-0.15, -0.1) is 0 Å². The van der Waals surface area contributed by atoms with Gasteiger partial charge in [0.15, 0.2) is 11.5 Å². The summed E-state index contributed by atoms with van der Waals surface area (Å²) in [5.41, 5.74) is 1.22. The van der Waals surface area contributed by atoms with E-state index in [9.17, 15) is 9.50 Å². The van der Waals surface area contributed by atoms with E-state index in [0.29, 0.717) is 22.6 Å². The zero-order valence-electron chi connectivity index (χ0n) is 10.5. The third kappa shape index (κ3) is 3.20. The normalized spacial score (nSPS) is 10.3. The van der Waals surface area contributed by atoms with E-state index in [2.05, 4.69) is 4.98 Å². The fraction of sp³-hybridized carbons (Fsp3) is 0.214. The van der Waals surface area contributed by atoms with Crippen LogP contribution in [0.25, 0.3) is 0 Å². The number of ether oxygens (including phenoxy) is 2. The Kier molecular flexibility index (Phi) is 4.30. The molecule has 0 aliphatic carbocycles. The standard InChI is InChI=1S/C14H14FNO3/c1-18-13-4-2-3-11(8-17)14(13)19-9-10-5-12(15)7-16-6-10/h2-7,17H,8-9H2,1H3. The van der Waals surface area contributed by atoms with Crippen LogP contribution < -0.4 is 9.47 Å². The lowest BCUT2D eigenvalue weighted by molar-refractivity contribution is 0.249. The molecule has 1 aromatic carbocycles. The summed E-state index contributed by atoms with van der Waals surface area (Å²) in [7, 11) is 1.52. The van der Waals surface area contributed by atoms with Gasteiger partial charge in [0.1, 0.15) is 12.4 Å². The predicted octanol–water partition coefficient (Wildman–Crippen LogP) is 2.30. The molecule has 1 aromatic heterocycles. The number of nitrogens with zero attached hydrogens (tertiary/aromatic N) is 1. The lowest BCUT2D eigenvalue weighted by Gasteiger charge is -2.13. The Morgan fingerprint density at radius 1 is 1.32 bits per heavy atom. The summed E-state index contributed by atoms with van der Waals surface area (Å²) in [4.78, 5) is 3.75. The average Bonchev–Trinajstić information content (AvgIpc) is 2.44. The largest absolute Gasteiger partial charge is 0.493 e. The zero-order chi connectivity index (χ0) is 13.7. The number of para-hydroxylation sites is 1. The number of pyridine rings is 1. The highest BCUT2D eigenvalue weighted by Gasteiger charge is 2.10. The van der Waals surface area contributed by atoms with Crippen LogP contribution >= 0.6 is 0 Å². The van der Waals surface area contributed by atoms with Gasteiger partial charge in [-0.05, 0) is 12.1 Å². The van der Waals surface area contributed by atoms with E-state index in [1.165, 1.54) is 19.4 Å². The second-order valence-electron chi connectivity index (χ2n) is 3.91. The third-order valence-electron chi connectivity index (χ3n) is 2.60. The second-order valence-corrected chi connectivity index (χ2v) is 3.91. The number of methoxy groups -OCH3 is 1. The second kappa shape index (κ2) is 6.15. The first-order valence-electron chi connectivity index (χ1n) is 5.73. The fourth-order valence-electron chi connectivity index (χ4n) is 1.70. The first-order valence-corrected chi connectivity index (χ1v) is 5.73. The highest BCUT2D eigenvalue weighted by atomic mass is 19.1. The molecular formula is C14H14FNO3. The first kappa shape index (κ1) is 13.3. The number of hydrogen-bond donors (Lipinski definition) is 1. The van der Waals surface area contributed by atoms with Crippen LogP contribution in [0.4, 0.5) is 4.39 Å². The molecule has 2 rings (SSSR count). The lowest BCUT2D eigenvalue weighted by Crippen LogP contribution is -2.02. The summed E-state index contributed by atoms with van der Waals surface area (Å²) in [5.74, 6) is 0.566. The van der Waals surface area contributed by atoms with Gasteiger partial charge in [-0.3, -0.25) is 4.98 Å². The molecule has 0 radical (unpaired) electrons. The molecule has 4 nitrogen and oxygen atoms in total. The van der Waals surface area contributed by atoms with Crippen molar-refractivity contribution in [2.45, 2.75) is 13.2 Å². The summed E-state index contributed by atoms with van der Waals surface area (Å²) in [6.07, 6.45) is 2.66. The maximum atomic E-state index is 13.0. The summed E-state index contributed by atoms with van der Waals surface area (Å²) >= 11 is 0. The van der Waals surface area contributed by atoms with E-state index in [1.54, 1.807) is 18.2 Å². The number of aliphatic hydroxyl groups is 1. The highest BCUT2D eigenvalue weighted by molar-refractivity contribution is 5.46. The van der Waals surface area contributed by atoms with Gasteiger partial charge < -0.3 is 14.6 Å². The van der Waals surface area contributed by atoms with Crippen LogP contribution in [0.1, 0.15) is 11.1 Å². The van der Waals surface area contributed by atoms with E-state index < -0.39 is 5.82 Å². The quantitative estimate of drug-likeness (QED) is 0.899. The van der Waals surface area contributed by atoms with E-state index in [4.69, 9.17) is 9.47 Å². The van der Waals surface area contributed by atoms with Gasteiger partial charge in [-0.25, -0.2) is 4.39 Å². The maximum absolute atomic E-state index is 13.0. The minimum atomic E-state index is -0.413. The summed E-state index contributed by atoms with van der Waals surface area (Å²) in [6.45, 7) is -0.00787. The Bertz CT molecular complexity index is 538. The molecule has 2 aromatic rings. The van der Waals surface area contributed by atoms with Crippen molar-refractivity contribution in [3.8, 4) is 11.5 Å². The van der Waals surface area contributed by atoms with Gasteiger partial charge in [0, 0.05) is 17.3 Å². The van der Waals surface area contributed by atoms with Crippen LogP contribution in [0.2, 0.25) is 0 Å². The van der Waals surface area contributed by atoms with Gasteiger partial charge in [0.05, 0.1) is 19.9 Å². The van der Waals surface area contributed by atoms with Crippen LogP contribution in [0.15, 0.2) is 36.7 Å². The van der Waals surface area contributed by atoms with Gasteiger partial charge in [0.2, 0.25) is 0 Å². The predicted molar refractivity (Wildman–Crippen MR) is 67.4 cm³/mol. The lowest BCUT2D eigenvalue weighted by atomic mass is 10.2. The van der Waals surface area contributed by atoms with Gasteiger partial charge >= 0.3 is 0 Å². The molecule has 0 aliphatic heterocycles. The van der Waals surface area contributed by atoms with E-state index >= 15 is 0 Å². The average molecular weight is 263 g/mol. The molecule has 100 valence electrons. The molecular weight excluding hydrogens is 249 g/mol. The number of aromatic nitrogens is 1. The maximum Gasteiger partial charge on any atom is 0.167 e. The highest BCUT2D eigenvalue weighted by Crippen LogP contribution is 2.31. The Balaban J connectivity index is 2.19. The van der Waals surface area contributed by atoms with E-state index in [-0.39, 0.29) is 13.2 Å². The monoisotopic (exact) mass is 263 g/mol. The summed E-state index contributed by atoms with van der Waals surface area (Å²) < 4.78 is 23.8. The van der Waals surface area contributed by atoms with Crippen molar-refractivity contribution in [2.75, 3.05) is 7.11 Å². The molecule has 0 bridgehead atoms. The molecule has 0 amide bonds. The summed E-state index contributed by atoms with van der Waals surface area (Å²) in [6, 6.07) is 6.59. The number of hydrogen-bond acceptors (Lipinski definition) is 4. The van der Waals surface area contributed by atoms with Crippen LogP contribution in [0.3, 0.4) is 0 Å². The SMILES string of the molecule is COc1cccc(CO)c1OCc1cncc(F)c1. The van der Waals surface area contributed by atoms with Crippen LogP contribution in [-0.2, 0) is 13.2 Å². The van der Waals surface area contributed by atoms with Crippen LogP contribution in [0.5, 0.6) is 11.5 Å². The molecule has 1 N–H and O–H groups in total. The van der Waals surface area contributed by atoms with Crippen LogP contribution in [-0.4, -0.2) is 17.2 Å². The van der Waals surface area contributed by atoms with Crippen molar-refractivity contribution in [3.05, 3.63) is 53.6 Å². The molecule has 19 heavy (non-hydrogen) atoms. The Hall–Kier alpha value is -2.14. The molecule has 0 saturated carbocycles. The Morgan fingerprint density at radius 2 is 2.16 bits per heavy atom. The molecule has 0 saturated heterocycles. The number of rotatable bonds is 5. The topological polar surface area (TPSA) is 51.6 Å². The van der Waals surface area contributed by atoms with Crippen molar-refractivity contribution >= 4 is 0 Å². The number of aliphatic hydroxyl groups excluding tert-OH is 1. The number of halogens is 1. The van der Waals surface area contributed by atoms with Crippen molar-refractivity contribution in [3.63, 3.8) is 0 Å². The summed E-state index contributed by atoms with van der Waals surface area (Å²) in [5, 5.41) is 9.27. The van der Waals surface area contributed by atoms with Gasteiger partial charge in [-0.2, -0.15) is 0 Å². The minimum Gasteiger partial charge on any atom is -0.493 e. The van der Waals surface area contributed by atoms with Crippen molar-refractivity contribution in [1.29, 1.82) is 0 Å². The molecule has 0 unspecified atom stereocenters. The van der Waals surface area contributed by atoms with Gasteiger partial charge in [-0.1, -0.05) is 12.1 Å². The first-order chi connectivity index (χ1) is 9.24. The van der Waals surface area contributed by atoms with Crippen molar-refractivity contribution in [2.24, 2.45) is 0 Å². The molecule has 0 aliphatic rings. The molecule has 0 spiro atoms. The molecule has 0 atom stereocenters.